The predicted octanol–water partition coefficient (Wildman–Crippen LogP) is 3.65. The molecule has 1 aliphatic rings. The van der Waals surface area contributed by atoms with Gasteiger partial charge in [0.1, 0.15) is 0 Å². The summed E-state index contributed by atoms with van der Waals surface area (Å²) in [5, 5.41) is 0. The minimum absolute atomic E-state index is 0.134. The van der Waals surface area contributed by atoms with E-state index in [1.54, 1.807) is 6.08 Å². The standard InChI is InChI=1S/C15H19N/c1-7-8-13-11(3)12(4)14(9-10(2)16)15(13,5)6/h7-9H,1-4,16H2,5-6H3/b13-8+,14-9+. The molecule has 84 valence electrons. The monoisotopic (exact) mass is 213 g/mol. The molecule has 0 aromatic rings. The Labute approximate surface area is 98.0 Å². The lowest BCUT2D eigenvalue weighted by atomic mass is 9.82. The van der Waals surface area contributed by atoms with E-state index in [4.69, 9.17) is 5.73 Å². The first-order chi connectivity index (χ1) is 7.32. The number of allylic oxidation sites excluding steroid dienone is 7. The highest BCUT2D eigenvalue weighted by molar-refractivity contribution is 5.68. The van der Waals surface area contributed by atoms with E-state index in [9.17, 15) is 0 Å². The van der Waals surface area contributed by atoms with Gasteiger partial charge >= 0.3 is 0 Å². The Hall–Kier alpha value is -1.76. The van der Waals surface area contributed by atoms with Gasteiger partial charge in [-0.1, -0.05) is 52.3 Å². The van der Waals surface area contributed by atoms with E-state index in [1.807, 2.05) is 12.2 Å². The molecule has 0 aromatic carbocycles. The summed E-state index contributed by atoms with van der Waals surface area (Å²) in [5.74, 6) is 0. The predicted molar refractivity (Wildman–Crippen MR) is 71.8 cm³/mol. The lowest BCUT2D eigenvalue weighted by Gasteiger charge is -2.22. The normalized spacial score (nSPS) is 24.1. The lowest BCUT2D eigenvalue weighted by molar-refractivity contribution is 0.583. The molecule has 1 saturated carbocycles. The third-order valence-electron chi connectivity index (χ3n) is 2.98. The molecule has 0 atom stereocenters. The topological polar surface area (TPSA) is 26.0 Å². The Kier molecular flexibility index (Phi) is 3.09. The van der Waals surface area contributed by atoms with Crippen LogP contribution in [0.1, 0.15) is 13.8 Å². The molecule has 0 amide bonds. The Morgan fingerprint density at radius 2 is 1.69 bits per heavy atom. The van der Waals surface area contributed by atoms with Crippen LogP contribution in [-0.4, -0.2) is 0 Å². The molecule has 1 heteroatoms. The fourth-order valence-electron chi connectivity index (χ4n) is 2.10. The molecule has 0 aliphatic heterocycles. The minimum Gasteiger partial charge on any atom is -0.399 e. The molecule has 0 spiro atoms. The van der Waals surface area contributed by atoms with Gasteiger partial charge in [0, 0.05) is 11.1 Å². The second-order valence-electron chi connectivity index (χ2n) is 4.53. The summed E-state index contributed by atoms with van der Waals surface area (Å²) in [6.45, 7) is 19.8. The van der Waals surface area contributed by atoms with Gasteiger partial charge < -0.3 is 5.73 Å². The maximum atomic E-state index is 5.64. The molecule has 0 bridgehead atoms. The molecule has 1 aliphatic carbocycles. The van der Waals surface area contributed by atoms with E-state index in [0.29, 0.717) is 5.70 Å². The molecule has 0 unspecified atom stereocenters. The van der Waals surface area contributed by atoms with Gasteiger partial charge in [0.2, 0.25) is 0 Å². The van der Waals surface area contributed by atoms with Gasteiger partial charge in [-0.2, -0.15) is 0 Å². The van der Waals surface area contributed by atoms with E-state index in [-0.39, 0.29) is 5.41 Å². The van der Waals surface area contributed by atoms with Gasteiger partial charge in [-0.25, -0.2) is 0 Å². The van der Waals surface area contributed by atoms with Crippen LogP contribution in [0.3, 0.4) is 0 Å². The first-order valence-electron chi connectivity index (χ1n) is 5.21. The van der Waals surface area contributed by atoms with Crippen molar-refractivity contribution in [1.29, 1.82) is 0 Å². The lowest BCUT2D eigenvalue weighted by Crippen LogP contribution is -2.12. The summed E-state index contributed by atoms with van der Waals surface area (Å²) in [4.78, 5) is 0. The summed E-state index contributed by atoms with van der Waals surface area (Å²) in [6.07, 6.45) is 5.63. The van der Waals surface area contributed by atoms with Crippen LogP contribution in [0.25, 0.3) is 0 Å². The summed E-state index contributed by atoms with van der Waals surface area (Å²) in [6, 6.07) is 0. The molecule has 16 heavy (non-hydrogen) atoms. The molecule has 0 radical (unpaired) electrons. The fourth-order valence-corrected chi connectivity index (χ4v) is 2.10. The largest absolute Gasteiger partial charge is 0.399 e. The van der Waals surface area contributed by atoms with Gasteiger partial charge in [0.25, 0.3) is 0 Å². The summed E-state index contributed by atoms with van der Waals surface area (Å²) >= 11 is 0. The van der Waals surface area contributed by atoms with Crippen molar-refractivity contribution in [2.24, 2.45) is 11.1 Å². The van der Waals surface area contributed by atoms with E-state index in [0.717, 1.165) is 22.3 Å². The molecular weight excluding hydrogens is 194 g/mol. The Bertz CT molecular complexity index is 442. The maximum absolute atomic E-state index is 5.64. The Morgan fingerprint density at radius 1 is 1.19 bits per heavy atom. The van der Waals surface area contributed by atoms with E-state index < -0.39 is 0 Å². The Balaban J connectivity index is 3.42. The molecular formula is C15H19N. The molecule has 0 heterocycles. The number of hydrogen-bond acceptors (Lipinski definition) is 1. The summed E-state index contributed by atoms with van der Waals surface area (Å²) < 4.78 is 0. The van der Waals surface area contributed by atoms with Crippen LogP contribution in [0.4, 0.5) is 0 Å². The molecule has 2 N–H and O–H groups in total. The zero-order valence-corrected chi connectivity index (χ0v) is 10.1. The number of rotatable bonds is 2. The van der Waals surface area contributed by atoms with Gasteiger partial charge in [-0.3, -0.25) is 0 Å². The average Bonchev–Trinajstić information content (AvgIpc) is 2.32. The fraction of sp³-hybridized carbons (Fsp3) is 0.200. The van der Waals surface area contributed by atoms with E-state index >= 15 is 0 Å². The van der Waals surface area contributed by atoms with Crippen LogP contribution in [-0.2, 0) is 0 Å². The molecule has 0 aromatic heterocycles. The second-order valence-corrected chi connectivity index (χ2v) is 4.53. The van der Waals surface area contributed by atoms with Gasteiger partial charge in [0.05, 0.1) is 0 Å². The van der Waals surface area contributed by atoms with Crippen LogP contribution in [0.2, 0.25) is 0 Å². The van der Waals surface area contributed by atoms with Crippen molar-refractivity contribution < 1.29 is 0 Å². The third-order valence-corrected chi connectivity index (χ3v) is 2.98. The highest BCUT2D eigenvalue weighted by Crippen LogP contribution is 2.51. The third kappa shape index (κ3) is 1.81. The van der Waals surface area contributed by atoms with E-state index in [1.165, 1.54) is 0 Å². The van der Waals surface area contributed by atoms with Crippen molar-refractivity contribution >= 4 is 0 Å². The van der Waals surface area contributed by atoms with Crippen molar-refractivity contribution in [2.75, 3.05) is 0 Å². The zero-order chi connectivity index (χ0) is 12.5. The maximum Gasteiger partial charge on any atom is 0.0244 e. The van der Waals surface area contributed by atoms with Crippen molar-refractivity contribution in [3.63, 3.8) is 0 Å². The van der Waals surface area contributed by atoms with Gasteiger partial charge in [-0.05, 0) is 28.4 Å². The van der Waals surface area contributed by atoms with E-state index in [2.05, 4.69) is 40.2 Å². The van der Waals surface area contributed by atoms with Crippen molar-refractivity contribution in [1.82, 2.24) is 0 Å². The van der Waals surface area contributed by atoms with Crippen LogP contribution in [0.5, 0.6) is 0 Å². The van der Waals surface area contributed by atoms with Gasteiger partial charge in [0.15, 0.2) is 0 Å². The number of nitrogens with two attached hydrogens (primary N) is 1. The smallest absolute Gasteiger partial charge is 0.0244 e. The SMILES string of the molecule is C=C/C=C1\C(=C)C(=C)/C(=C\C(=C)N)C1(C)C. The van der Waals surface area contributed by atoms with Crippen molar-refractivity contribution in [3.8, 4) is 0 Å². The minimum atomic E-state index is -0.134. The molecule has 1 fully saturated rings. The zero-order valence-electron chi connectivity index (χ0n) is 10.1. The van der Waals surface area contributed by atoms with Crippen LogP contribution in [0.15, 0.2) is 72.5 Å². The van der Waals surface area contributed by atoms with Crippen LogP contribution < -0.4 is 5.73 Å². The van der Waals surface area contributed by atoms with Crippen LogP contribution >= 0.6 is 0 Å². The first kappa shape index (κ1) is 12.3. The highest BCUT2D eigenvalue weighted by atomic mass is 14.6. The first-order valence-corrected chi connectivity index (χ1v) is 5.21. The molecule has 0 saturated heterocycles. The Morgan fingerprint density at radius 3 is 2.12 bits per heavy atom. The summed E-state index contributed by atoms with van der Waals surface area (Å²) in [7, 11) is 0. The number of hydrogen-bond donors (Lipinski definition) is 1. The molecule has 1 nitrogen and oxygen atoms in total. The van der Waals surface area contributed by atoms with Crippen molar-refractivity contribution in [3.05, 3.63) is 72.5 Å². The average molecular weight is 213 g/mol. The highest BCUT2D eigenvalue weighted by Gasteiger charge is 2.38. The van der Waals surface area contributed by atoms with Crippen LogP contribution in [0, 0.1) is 5.41 Å². The summed E-state index contributed by atoms with van der Waals surface area (Å²) in [5.41, 5.74) is 10.2. The quantitative estimate of drug-likeness (QED) is 0.744. The second kappa shape index (κ2) is 4.01. The van der Waals surface area contributed by atoms with Gasteiger partial charge in [-0.15, -0.1) is 0 Å². The molecule has 1 rings (SSSR count). The van der Waals surface area contributed by atoms with Crippen molar-refractivity contribution in [2.45, 2.75) is 13.8 Å².